The van der Waals surface area contributed by atoms with Gasteiger partial charge in [-0.05, 0) is 44.0 Å². The minimum Gasteiger partial charge on any atom is -0.497 e. The molecule has 1 amide bonds. The predicted octanol–water partition coefficient (Wildman–Crippen LogP) is 3.62. The van der Waals surface area contributed by atoms with Gasteiger partial charge in [-0.2, -0.15) is 20.0 Å². The Bertz CT molecular complexity index is 1290. The molecule has 5 rings (SSSR count). The summed E-state index contributed by atoms with van der Waals surface area (Å²) in [6, 6.07) is 10.7. The van der Waals surface area contributed by atoms with Gasteiger partial charge in [0.15, 0.2) is 0 Å². The number of likely N-dealkylation sites (tertiary alicyclic amines) is 1. The van der Waals surface area contributed by atoms with E-state index in [2.05, 4.69) is 20.3 Å². The molecule has 1 atom stereocenters. The molecule has 0 N–H and O–H groups in total. The third-order valence-corrected chi connectivity index (χ3v) is 5.87. The van der Waals surface area contributed by atoms with Crippen LogP contribution in [0.1, 0.15) is 40.7 Å². The molecule has 0 unspecified atom stereocenters. The SMILES string of the molecule is COc1cc(OC)cc(-c2noc([C@@H]3CCCN3C(=O)c3cc(C)ccc3-n3nccn3)n2)c1. The van der Waals surface area contributed by atoms with Crippen LogP contribution in [-0.4, -0.2) is 56.7 Å². The molecular formula is C24H24N6O4. The van der Waals surface area contributed by atoms with Crippen LogP contribution in [0.4, 0.5) is 0 Å². The first kappa shape index (κ1) is 21.6. The highest BCUT2D eigenvalue weighted by Crippen LogP contribution is 2.35. The number of rotatable bonds is 6. The zero-order chi connectivity index (χ0) is 23.7. The van der Waals surface area contributed by atoms with E-state index in [0.717, 1.165) is 18.4 Å². The highest BCUT2D eigenvalue weighted by Gasteiger charge is 2.36. The zero-order valence-corrected chi connectivity index (χ0v) is 19.1. The second-order valence-corrected chi connectivity index (χ2v) is 8.05. The molecule has 2 aromatic heterocycles. The van der Waals surface area contributed by atoms with Crippen LogP contribution in [0.25, 0.3) is 17.1 Å². The van der Waals surface area contributed by atoms with Crippen molar-refractivity contribution in [3.05, 3.63) is 65.8 Å². The number of ether oxygens (including phenoxy) is 2. The molecule has 1 saturated heterocycles. The van der Waals surface area contributed by atoms with Crippen molar-refractivity contribution in [2.24, 2.45) is 0 Å². The molecule has 10 nitrogen and oxygen atoms in total. The number of hydrogen-bond donors (Lipinski definition) is 0. The van der Waals surface area contributed by atoms with Crippen LogP contribution in [0.5, 0.6) is 11.5 Å². The number of carbonyl (C=O) groups is 1. The lowest BCUT2D eigenvalue weighted by molar-refractivity contribution is 0.0709. The van der Waals surface area contributed by atoms with Crippen LogP contribution >= 0.6 is 0 Å². The maximum absolute atomic E-state index is 13.7. The van der Waals surface area contributed by atoms with Crippen molar-refractivity contribution in [2.45, 2.75) is 25.8 Å². The van der Waals surface area contributed by atoms with E-state index in [1.807, 2.05) is 37.3 Å². The fourth-order valence-electron chi connectivity index (χ4n) is 4.18. The van der Waals surface area contributed by atoms with Gasteiger partial charge in [0.1, 0.15) is 17.5 Å². The van der Waals surface area contributed by atoms with E-state index in [9.17, 15) is 4.79 Å². The van der Waals surface area contributed by atoms with Crippen molar-refractivity contribution in [1.29, 1.82) is 0 Å². The number of methoxy groups -OCH3 is 2. The first-order valence-electron chi connectivity index (χ1n) is 10.9. The van der Waals surface area contributed by atoms with E-state index in [0.29, 0.717) is 46.6 Å². The van der Waals surface area contributed by atoms with E-state index in [1.165, 1.54) is 4.80 Å². The zero-order valence-electron chi connectivity index (χ0n) is 19.1. The number of nitrogens with zero attached hydrogens (tertiary/aromatic N) is 6. The topological polar surface area (TPSA) is 108 Å². The second kappa shape index (κ2) is 8.97. The van der Waals surface area contributed by atoms with Crippen molar-refractivity contribution in [3.8, 4) is 28.6 Å². The fraction of sp³-hybridized carbons (Fsp3) is 0.292. The van der Waals surface area contributed by atoms with Crippen LogP contribution in [0, 0.1) is 6.92 Å². The lowest BCUT2D eigenvalue weighted by atomic mass is 10.1. The number of hydrogen-bond acceptors (Lipinski definition) is 8. The Hall–Kier alpha value is -4.21. The van der Waals surface area contributed by atoms with Crippen LogP contribution in [0.2, 0.25) is 0 Å². The van der Waals surface area contributed by atoms with Crippen molar-refractivity contribution >= 4 is 5.91 Å². The smallest absolute Gasteiger partial charge is 0.256 e. The van der Waals surface area contributed by atoms with E-state index in [-0.39, 0.29) is 11.9 Å². The fourth-order valence-corrected chi connectivity index (χ4v) is 4.18. The first-order chi connectivity index (χ1) is 16.6. The largest absolute Gasteiger partial charge is 0.497 e. The quantitative estimate of drug-likeness (QED) is 0.429. The van der Waals surface area contributed by atoms with Crippen molar-refractivity contribution in [1.82, 2.24) is 30.0 Å². The molecule has 0 bridgehead atoms. The van der Waals surface area contributed by atoms with Crippen LogP contribution in [-0.2, 0) is 0 Å². The average Bonchev–Trinajstić information content (AvgIpc) is 3.64. The second-order valence-electron chi connectivity index (χ2n) is 8.05. The Balaban J connectivity index is 1.46. The van der Waals surface area contributed by atoms with Gasteiger partial charge in [0.2, 0.25) is 11.7 Å². The lowest BCUT2D eigenvalue weighted by Crippen LogP contribution is -2.31. The maximum Gasteiger partial charge on any atom is 0.256 e. The molecule has 3 heterocycles. The monoisotopic (exact) mass is 460 g/mol. The molecule has 0 aliphatic carbocycles. The van der Waals surface area contributed by atoms with Gasteiger partial charge in [0, 0.05) is 18.2 Å². The average molecular weight is 460 g/mol. The standard InChI is InChI=1S/C24H24N6O4/c1-15-6-7-20(30-25-8-9-26-30)19(11-15)24(31)29-10-4-5-21(29)23-27-22(28-34-23)16-12-17(32-2)14-18(13-16)33-3/h6-9,11-14,21H,4-5,10H2,1-3H3/t21-/m0/s1. The molecule has 0 saturated carbocycles. The summed E-state index contributed by atoms with van der Waals surface area (Å²) >= 11 is 0. The van der Waals surface area contributed by atoms with Crippen LogP contribution in [0.15, 0.2) is 53.3 Å². The molecule has 1 aliphatic rings. The van der Waals surface area contributed by atoms with Crippen molar-refractivity contribution in [2.75, 3.05) is 20.8 Å². The Morgan fingerprint density at radius 1 is 1.06 bits per heavy atom. The Labute approximate surface area is 196 Å². The summed E-state index contributed by atoms with van der Waals surface area (Å²) in [4.78, 5) is 21.5. The predicted molar refractivity (Wildman–Crippen MR) is 122 cm³/mol. The van der Waals surface area contributed by atoms with Gasteiger partial charge in [-0.25, -0.2) is 0 Å². The highest BCUT2D eigenvalue weighted by molar-refractivity contribution is 5.98. The third kappa shape index (κ3) is 3.98. The van der Waals surface area contributed by atoms with Crippen molar-refractivity contribution < 1.29 is 18.8 Å². The molecule has 1 fully saturated rings. The van der Waals surface area contributed by atoms with Gasteiger partial charge in [0.05, 0.1) is 37.9 Å². The summed E-state index contributed by atoms with van der Waals surface area (Å²) in [5, 5.41) is 12.6. The molecular weight excluding hydrogens is 436 g/mol. The summed E-state index contributed by atoms with van der Waals surface area (Å²) in [5.41, 5.74) is 2.83. The molecule has 1 aliphatic heterocycles. The van der Waals surface area contributed by atoms with Gasteiger partial charge >= 0.3 is 0 Å². The Morgan fingerprint density at radius 2 is 1.79 bits per heavy atom. The molecule has 0 spiro atoms. The number of benzene rings is 2. The highest BCUT2D eigenvalue weighted by atomic mass is 16.5. The third-order valence-electron chi connectivity index (χ3n) is 5.87. The molecule has 34 heavy (non-hydrogen) atoms. The van der Waals surface area contributed by atoms with Gasteiger partial charge in [-0.15, -0.1) is 0 Å². The summed E-state index contributed by atoms with van der Waals surface area (Å²) in [6.07, 6.45) is 4.73. The molecule has 4 aromatic rings. The first-order valence-corrected chi connectivity index (χ1v) is 10.9. The van der Waals surface area contributed by atoms with Gasteiger partial charge in [0.25, 0.3) is 5.91 Å². The van der Waals surface area contributed by atoms with Gasteiger partial charge < -0.3 is 18.9 Å². The lowest BCUT2D eigenvalue weighted by Gasteiger charge is -2.23. The van der Waals surface area contributed by atoms with Crippen LogP contribution < -0.4 is 9.47 Å². The molecule has 174 valence electrons. The summed E-state index contributed by atoms with van der Waals surface area (Å²) < 4.78 is 16.3. The number of amides is 1. The number of aryl methyl sites for hydroxylation is 1. The molecule has 10 heteroatoms. The van der Waals surface area contributed by atoms with E-state index in [4.69, 9.17) is 14.0 Å². The van der Waals surface area contributed by atoms with E-state index < -0.39 is 0 Å². The van der Waals surface area contributed by atoms with Crippen molar-refractivity contribution in [3.63, 3.8) is 0 Å². The Morgan fingerprint density at radius 3 is 2.50 bits per heavy atom. The molecule has 2 aromatic carbocycles. The summed E-state index contributed by atoms with van der Waals surface area (Å²) in [7, 11) is 3.17. The van der Waals surface area contributed by atoms with Gasteiger partial charge in [-0.3, -0.25) is 4.79 Å². The summed E-state index contributed by atoms with van der Waals surface area (Å²) in [5.74, 6) is 1.92. The minimum atomic E-state index is -0.319. The van der Waals surface area contributed by atoms with Crippen LogP contribution in [0.3, 0.4) is 0 Å². The molecule has 0 radical (unpaired) electrons. The number of aromatic nitrogens is 5. The summed E-state index contributed by atoms with van der Waals surface area (Å²) in [6.45, 7) is 2.54. The van der Waals surface area contributed by atoms with Gasteiger partial charge in [-0.1, -0.05) is 16.8 Å². The van der Waals surface area contributed by atoms with E-state index in [1.54, 1.807) is 37.6 Å². The van der Waals surface area contributed by atoms with E-state index >= 15 is 0 Å². The maximum atomic E-state index is 13.7. The minimum absolute atomic E-state index is 0.124. The number of carbonyl (C=O) groups excluding carboxylic acids is 1. The Kier molecular flexibility index (Phi) is 5.70. The normalized spacial score (nSPS) is 15.5.